The summed E-state index contributed by atoms with van der Waals surface area (Å²) in [6, 6.07) is 7.88. The second-order valence-corrected chi connectivity index (χ2v) is 7.05. The second kappa shape index (κ2) is 5.94. The number of carbonyl (C=O) groups excluding carboxylic acids is 1. The highest BCUT2D eigenvalue weighted by atomic mass is 32.1. The third-order valence-corrected chi connectivity index (χ3v) is 4.48. The van der Waals surface area contributed by atoms with Crippen LogP contribution in [-0.2, 0) is 11.2 Å². The fourth-order valence-corrected chi connectivity index (χ4v) is 3.05. The summed E-state index contributed by atoms with van der Waals surface area (Å²) in [5, 5.41) is 6.38. The maximum atomic E-state index is 11.9. The Labute approximate surface area is 124 Å². The summed E-state index contributed by atoms with van der Waals surface area (Å²) in [6.45, 7) is 6.56. The Hall–Kier alpha value is -1.39. The van der Waals surface area contributed by atoms with E-state index in [1.807, 2.05) is 32.9 Å². The monoisotopic (exact) mass is 290 g/mol. The predicted octanol–water partition coefficient (Wildman–Crippen LogP) is 2.93. The van der Waals surface area contributed by atoms with Gasteiger partial charge >= 0.3 is 0 Å². The molecule has 0 spiro atoms. The highest BCUT2D eigenvalue weighted by Crippen LogP contribution is 2.25. The Kier molecular flexibility index (Phi) is 4.45. The normalized spacial score (nSPS) is 13.4. The van der Waals surface area contributed by atoms with E-state index in [1.165, 1.54) is 15.6 Å². The molecule has 108 valence electrons. The van der Waals surface area contributed by atoms with Crippen LogP contribution in [0, 0.1) is 5.41 Å². The van der Waals surface area contributed by atoms with Crippen molar-refractivity contribution in [1.29, 1.82) is 0 Å². The maximum Gasteiger partial charge on any atom is 0.237 e. The molecule has 3 nitrogen and oxygen atoms in total. The molecule has 0 saturated carbocycles. The maximum absolute atomic E-state index is 11.9. The van der Waals surface area contributed by atoms with Crippen LogP contribution in [0.4, 0.5) is 0 Å². The van der Waals surface area contributed by atoms with E-state index < -0.39 is 6.04 Å². The fourth-order valence-electron chi connectivity index (χ4n) is 2.05. The number of benzene rings is 1. The number of fused-ring (bicyclic) bond motifs is 1. The number of nitrogens with one attached hydrogen (secondary N) is 1. The van der Waals surface area contributed by atoms with Crippen molar-refractivity contribution < 1.29 is 4.79 Å². The first-order chi connectivity index (χ1) is 9.39. The number of hydrogen-bond donors (Lipinski definition) is 2. The minimum absolute atomic E-state index is 0.0722. The molecule has 1 atom stereocenters. The number of hydrogen-bond acceptors (Lipinski definition) is 3. The zero-order chi connectivity index (χ0) is 14.8. The van der Waals surface area contributed by atoms with E-state index in [0.717, 1.165) is 6.42 Å². The van der Waals surface area contributed by atoms with E-state index in [2.05, 4.69) is 22.8 Å². The van der Waals surface area contributed by atoms with Crippen LogP contribution in [0.3, 0.4) is 0 Å². The summed E-state index contributed by atoms with van der Waals surface area (Å²) in [5.41, 5.74) is 7.01. The van der Waals surface area contributed by atoms with Crippen LogP contribution in [0.2, 0.25) is 0 Å². The molecule has 0 aliphatic rings. The smallest absolute Gasteiger partial charge is 0.237 e. The number of rotatable bonds is 4. The molecule has 0 unspecified atom stereocenters. The first kappa shape index (κ1) is 15.0. The Morgan fingerprint density at radius 1 is 1.35 bits per heavy atom. The Bertz CT molecular complexity index is 598. The van der Waals surface area contributed by atoms with Crippen LogP contribution < -0.4 is 11.1 Å². The quantitative estimate of drug-likeness (QED) is 0.909. The van der Waals surface area contributed by atoms with Gasteiger partial charge in [0.05, 0.1) is 6.04 Å². The summed E-state index contributed by atoms with van der Waals surface area (Å²) in [6.07, 6.45) is 0.840. The van der Waals surface area contributed by atoms with Gasteiger partial charge in [-0.05, 0) is 34.2 Å². The Balaban J connectivity index is 1.92. The minimum atomic E-state index is -0.471. The lowest BCUT2D eigenvalue weighted by molar-refractivity contribution is -0.124. The molecule has 4 heteroatoms. The first-order valence-electron chi connectivity index (χ1n) is 6.88. The van der Waals surface area contributed by atoms with Gasteiger partial charge in [0.25, 0.3) is 0 Å². The number of amides is 1. The summed E-state index contributed by atoms with van der Waals surface area (Å²) < 4.78 is 1.29. The molecule has 1 aromatic heterocycles. The second-order valence-electron chi connectivity index (χ2n) is 6.14. The molecule has 0 fully saturated rings. The lowest BCUT2D eigenvalue weighted by Crippen LogP contribution is -2.48. The van der Waals surface area contributed by atoms with Crippen LogP contribution in [0.15, 0.2) is 29.6 Å². The topological polar surface area (TPSA) is 55.1 Å². The summed E-state index contributed by atoms with van der Waals surface area (Å²) >= 11 is 1.75. The molecule has 1 aromatic carbocycles. The third kappa shape index (κ3) is 3.38. The van der Waals surface area contributed by atoms with Crippen LogP contribution in [-0.4, -0.2) is 18.5 Å². The SMILES string of the molecule is CC(C)(C)[C@H](N)C(=O)NCCc1csc2ccccc12. The van der Waals surface area contributed by atoms with Gasteiger partial charge < -0.3 is 11.1 Å². The summed E-state index contributed by atoms with van der Waals surface area (Å²) in [4.78, 5) is 11.9. The van der Waals surface area contributed by atoms with Gasteiger partial charge in [-0.2, -0.15) is 0 Å². The van der Waals surface area contributed by atoms with Crippen LogP contribution in [0.25, 0.3) is 10.1 Å². The molecule has 2 rings (SSSR count). The van der Waals surface area contributed by atoms with Crippen molar-refractivity contribution in [3.63, 3.8) is 0 Å². The number of thiophene rings is 1. The molecule has 20 heavy (non-hydrogen) atoms. The zero-order valence-corrected chi connectivity index (χ0v) is 13.1. The molecule has 2 aromatic rings. The van der Waals surface area contributed by atoms with Crippen LogP contribution in [0.5, 0.6) is 0 Å². The third-order valence-electron chi connectivity index (χ3n) is 3.47. The molecule has 0 saturated heterocycles. The molecule has 3 N–H and O–H groups in total. The molecule has 0 aliphatic carbocycles. The van der Waals surface area contributed by atoms with Crippen molar-refractivity contribution in [2.24, 2.45) is 11.1 Å². The van der Waals surface area contributed by atoms with E-state index in [0.29, 0.717) is 6.54 Å². The zero-order valence-electron chi connectivity index (χ0n) is 12.3. The predicted molar refractivity (Wildman–Crippen MR) is 86.0 cm³/mol. The standard InChI is InChI=1S/C16H22N2OS/c1-16(2,3)14(17)15(19)18-9-8-11-10-20-13-7-5-4-6-12(11)13/h4-7,10,14H,8-9,17H2,1-3H3,(H,18,19)/t14-/m1/s1. The lowest BCUT2D eigenvalue weighted by Gasteiger charge is -2.25. The highest BCUT2D eigenvalue weighted by Gasteiger charge is 2.26. The molecular formula is C16H22N2OS. The number of nitrogens with two attached hydrogens (primary N) is 1. The number of carbonyl (C=O) groups is 1. The summed E-state index contributed by atoms with van der Waals surface area (Å²) in [7, 11) is 0. The van der Waals surface area contributed by atoms with Gasteiger partial charge in [-0.15, -0.1) is 11.3 Å². The van der Waals surface area contributed by atoms with Crippen molar-refractivity contribution in [3.05, 3.63) is 35.2 Å². The van der Waals surface area contributed by atoms with E-state index >= 15 is 0 Å². The Morgan fingerprint density at radius 3 is 2.75 bits per heavy atom. The van der Waals surface area contributed by atoms with Gasteiger partial charge in [0, 0.05) is 11.2 Å². The first-order valence-corrected chi connectivity index (χ1v) is 7.76. The molecule has 0 aliphatic heterocycles. The van der Waals surface area contributed by atoms with Crippen molar-refractivity contribution in [3.8, 4) is 0 Å². The van der Waals surface area contributed by atoms with E-state index in [-0.39, 0.29) is 11.3 Å². The van der Waals surface area contributed by atoms with Crippen molar-refractivity contribution in [1.82, 2.24) is 5.32 Å². The van der Waals surface area contributed by atoms with Crippen molar-refractivity contribution in [2.45, 2.75) is 33.2 Å². The Morgan fingerprint density at radius 2 is 2.05 bits per heavy atom. The van der Waals surface area contributed by atoms with E-state index in [9.17, 15) is 4.79 Å². The largest absolute Gasteiger partial charge is 0.354 e. The van der Waals surface area contributed by atoms with Gasteiger partial charge in [-0.1, -0.05) is 39.0 Å². The van der Waals surface area contributed by atoms with E-state index in [4.69, 9.17) is 5.73 Å². The average molecular weight is 290 g/mol. The van der Waals surface area contributed by atoms with Gasteiger partial charge in [0.2, 0.25) is 5.91 Å². The van der Waals surface area contributed by atoms with Crippen molar-refractivity contribution >= 4 is 27.3 Å². The van der Waals surface area contributed by atoms with E-state index in [1.54, 1.807) is 11.3 Å². The summed E-state index contributed by atoms with van der Waals surface area (Å²) in [5.74, 6) is -0.0722. The van der Waals surface area contributed by atoms with Gasteiger partial charge in [0.15, 0.2) is 0 Å². The van der Waals surface area contributed by atoms with Gasteiger partial charge in [0.1, 0.15) is 0 Å². The lowest BCUT2D eigenvalue weighted by atomic mass is 9.87. The van der Waals surface area contributed by atoms with Gasteiger partial charge in [-0.3, -0.25) is 4.79 Å². The molecule has 0 bridgehead atoms. The highest BCUT2D eigenvalue weighted by molar-refractivity contribution is 7.17. The molecule has 1 heterocycles. The molecular weight excluding hydrogens is 268 g/mol. The van der Waals surface area contributed by atoms with Crippen molar-refractivity contribution in [2.75, 3.05) is 6.54 Å². The van der Waals surface area contributed by atoms with Gasteiger partial charge in [-0.25, -0.2) is 0 Å². The average Bonchev–Trinajstić information content (AvgIpc) is 2.80. The minimum Gasteiger partial charge on any atom is -0.354 e. The van der Waals surface area contributed by atoms with Crippen LogP contribution >= 0.6 is 11.3 Å². The molecule has 0 radical (unpaired) electrons. The van der Waals surface area contributed by atoms with Crippen LogP contribution in [0.1, 0.15) is 26.3 Å². The fraction of sp³-hybridized carbons (Fsp3) is 0.438. The molecule has 1 amide bonds.